The van der Waals surface area contributed by atoms with Crippen LogP contribution in [0.25, 0.3) is 0 Å². The highest BCUT2D eigenvalue weighted by molar-refractivity contribution is 5.44. The first kappa shape index (κ1) is 12.2. The van der Waals surface area contributed by atoms with E-state index in [0.29, 0.717) is 12.5 Å². The molecule has 1 aliphatic carbocycles. The van der Waals surface area contributed by atoms with Gasteiger partial charge in [-0.05, 0) is 42.5 Å². The van der Waals surface area contributed by atoms with Gasteiger partial charge in [-0.1, -0.05) is 18.9 Å². The standard InChI is InChI=1S/C14H21NO2/c1-16-13-6-5-11(8-14(13)17-2)12(9-15)7-10-3-4-10/h5-6,8,10,12H,3-4,7,9,15H2,1-2H3. The Hall–Kier alpha value is -1.22. The van der Waals surface area contributed by atoms with Crippen molar-refractivity contribution in [3.05, 3.63) is 23.8 Å². The van der Waals surface area contributed by atoms with Crippen molar-refractivity contribution >= 4 is 0 Å². The van der Waals surface area contributed by atoms with Gasteiger partial charge in [0, 0.05) is 0 Å². The first-order valence-corrected chi connectivity index (χ1v) is 6.20. The molecule has 94 valence electrons. The number of rotatable bonds is 6. The van der Waals surface area contributed by atoms with Crippen molar-refractivity contribution in [2.75, 3.05) is 20.8 Å². The van der Waals surface area contributed by atoms with Crippen LogP contribution in [0.2, 0.25) is 0 Å². The van der Waals surface area contributed by atoms with Crippen LogP contribution in [0.3, 0.4) is 0 Å². The van der Waals surface area contributed by atoms with E-state index in [2.05, 4.69) is 12.1 Å². The molecular formula is C14H21NO2. The fraction of sp³-hybridized carbons (Fsp3) is 0.571. The normalized spacial score (nSPS) is 16.6. The molecule has 2 rings (SSSR count). The molecule has 0 spiro atoms. The quantitative estimate of drug-likeness (QED) is 0.824. The molecule has 0 aromatic heterocycles. The van der Waals surface area contributed by atoms with E-state index >= 15 is 0 Å². The summed E-state index contributed by atoms with van der Waals surface area (Å²) in [5.74, 6) is 2.90. The summed E-state index contributed by atoms with van der Waals surface area (Å²) in [6.45, 7) is 0.700. The summed E-state index contributed by atoms with van der Waals surface area (Å²) in [5, 5.41) is 0. The smallest absolute Gasteiger partial charge is 0.160 e. The number of hydrogen-bond acceptors (Lipinski definition) is 3. The zero-order valence-electron chi connectivity index (χ0n) is 10.6. The van der Waals surface area contributed by atoms with Gasteiger partial charge in [0.2, 0.25) is 0 Å². The predicted octanol–water partition coefficient (Wildman–Crippen LogP) is 2.55. The Morgan fingerprint density at radius 2 is 1.94 bits per heavy atom. The molecule has 0 heterocycles. The lowest BCUT2D eigenvalue weighted by atomic mass is 9.93. The fourth-order valence-electron chi connectivity index (χ4n) is 2.23. The molecule has 1 aromatic carbocycles. The molecule has 0 amide bonds. The first-order chi connectivity index (χ1) is 8.28. The van der Waals surface area contributed by atoms with Gasteiger partial charge in [0.25, 0.3) is 0 Å². The maximum atomic E-state index is 5.87. The topological polar surface area (TPSA) is 44.5 Å². The molecule has 1 aliphatic rings. The third-order valence-corrected chi connectivity index (χ3v) is 3.48. The van der Waals surface area contributed by atoms with Crippen molar-refractivity contribution in [2.24, 2.45) is 11.7 Å². The summed E-state index contributed by atoms with van der Waals surface area (Å²) >= 11 is 0. The van der Waals surface area contributed by atoms with Crippen LogP contribution in [-0.4, -0.2) is 20.8 Å². The minimum Gasteiger partial charge on any atom is -0.493 e. The Balaban J connectivity index is 2.17. The maximum absolute atomic E-state index is 5.87. The average Bonchev–Trinajstić information content (AvgIpc) is 3.19. The minimum atomic E-state index is 0.447. The molecule has 17 heavy (non-hydrogen) atoms. The predicted molar refractivity (Wildman–Crippen MR) is 68.7 cm³/mol. The molecule has 3 heteroatoms. The lowest BCUT2D eigenvalue weighted by Crippen LogP contribution is -2.13. The first-order valence-electron chi connectivity index (χ1n) is 6.20. The van der Waals surface area contributed by atoms with E-state index in [1.54, 1.807) is 14.2 Å². The zero-order chi connectivity index (χ0) is 12.3. The van der Waals surface area contributed by atoms with Crippen LogP contribution in [0.5, 0.6) is 11.5 Å². The molecule has 1 unspecified atom stereocenters. The summed E-state index contributed by atoms with van der Waals surface area (Å²) in [4.78, 5) is 0. The molecule has 2 N–H and O–H groups in total. The van der Waals surface area contributed by atoms with Gasteiger partial charge >= 0.3 is 0 Å². The van der Waals surface area contributed by atoms with Crippen molar-refractivity contribution in [3.63, 3.8) is 0 Å². The highest BCUT2D eigenvalue weighted by Gasteiger charge is 2.26. The van der Waals surface area contributed by atoms with Gasteiger partial charge in [-0.3, -0.25) is 0 Å². The molecule has 1 atom stereocenters. The molecule has 1 saturated carbocycles. The Bertz CT molecular complexity index is 374. The molecule has 0 radical (unpaired) electrons. The number of ether oxygens (including phenoxy) is 2. The second-order valence-corrected chi connectivity index (χ2v) is 4.73. The largest absolute Gasteiger partial charge is 0.493 e. The van der Waals surface area contributed by atoms with Crippen molar-refractivity contribution < 1.29 is 9.47 Å². The van der Waals surface area contributed by atoms with Gasteiger partial charge in [-0.15, -0.1) is 0 Å². The minimum absolute atomic E-state index is 0.447. The van der Waals surface area contributed by atoms with E-state index in [1.165, 1.54) is 24.8 Å². The SMILES string of the molecule is COc1ccc(C(CN)CC2CC2)cc1OC. The number of nitrogens with two attached hydrogens (primary N) is 1. The summed E-state index contributed by atoms with van der Waals surface area (Å²) in [6.07, 6.45) is 3.93. The second kappa shape index (κ2) is 5.41. The summed E-state index contributed by atoms with van der Waals surface area (Å²) in [6, 6.07) is 6.11. The summed E-state index contributed by atoms with van der Waals surface area (Å²) in [7, 11) is 3.32. The van der Waals surface area contributed by atoms with Crippen LogP contribution in [0.1, 0.15) is 30.7 Å². The zero-order valence-corrected chi connectivity index (χ0v) is 10.6. The van der Waals surface area contributed by atoms with Crippen LogP contribution in [-0.2, 0) is 0 Å². The average molecular weight is 235 g/mol. The van der Waals surface area contributed by atoms with Gasteiger partial charge in [0.15, 0.2) is 11.5 Å². The third-order valence-electron chi connectivity index (χ3n) is 3.48. The van der Waals surface area contributed by atoms with Gasteiger partial charge in [-0.25, -0.2) is 0 Å². The molecule has 0 aliphatic heterocycles. The van der Waals surface area contributed by atoms with Crippen LogP contribution in [0.4, 0.5) is 0 Å². The van der Waals surface area contributed by atoms with Crippen LogP contribution >= 0.6 is 0 Å². The van der Waals surface area contributed by atoms with Crippen LogP contribution < -0.4 is 15.2 Å². The van der Waals surface area contributed by atoms with Gasteiger partial charge in [0.05, 0.1) is 14.2 Å². The van der Waals surface area contributed by atoms with Gasteiger partial charge < -0.3 is 15.2 Å². The van der Waals surface area contributed by atoms with Gasteiger partial charge in [-0.2, -0.15) is 0 Å². The number of benzene rings is 1. The van der Waals surface area contributed by atoms with Crippen molar-refractivity contribution in [2.45, 2.75) is 25.2 Å². The van der Waals surface area contributed by atoms with Crippen molar-refractivity contribution in [3.8, 4) is 11.5 Å². The van der Waals surface area contributed by atoms with E-state index in [0.717, 1.165) is 17.4 Å². The second-order valence-electron chi connectivity index (χ2n) is 4.73. The van der Waals surface area contributed by atoms with Gasteiger partial charge in [0.1, 0.15) is 0 Å². The van der Waals surface area contributed by atoms with E-state index in [1.807, 2.05) is 6.07 Å². The number of methoxy groups -OCH3 is 2. The Labute approximate surface area is 103 Å². The molecule has 0 saturated heterocycles. The molecule has 0 bridgehead atoms. The molecule has 1 aromatic rings. The van der Waals surface area contributed by atoms with Crippen molar-refractivity contribution in [1.29, 1.82) is 0 Å². The highest BCUT2D eigenvalue weighted by Crippen LogP contribution is 2.39. The fourth-order valence-corrected chi connectivity index (χ4v) is 2.23. The lowest BCUT2D eigenvalue weighted by molar-refractivity contribution is 0.354. The van der Waals surface area contributed by atoms with E-state index < -0.39 is 0 Å². The third kappa shape index (κ3) is 2.91. The Morgan fingerprint density at radius 1 is 1.24 bits per heavy atom. The van der Waals surface area contributed by atoms with Crippen LogP contribution in [0, 0.1) is 5.92 Å². The summed E-state index contributed by atoms with van der Waals surface area (Å²) in [5.41, 5.74) is 7.13. The summed E-state index contributed by atoms with van der Waals surface area (Å²) < 4.78 is 10.6. The maximum Gasteiger partial charge on any atom is 0.160 e. The van der Waals surface area contributed by atoms with Crippen molar-refractivity contribution in [1.82, 2.24) is 0 Å². The molecule has 1 fully saturated rings. The van der Waals surface area contributed by atoms with Crippen LogP contribution in [0.15, 0.2) is 18.2 Å². The van der Waals surface area contributed by atoms with E-state index in [9.17, 15) is 0 Å². The molecule has 3 nitrogen and oxygen atoms in total. The Morgan fingerprint density at radius 3 is 2.47 bits per heavy atom. The Kier molecular flexibility index (Phi) is 3.89. The monoisotopic (exact) mass is 235 g/mol. The van der Waals surface area contributed by atoms with E-state index in [-0.39, 0.29) is 0 Å². The lowest BCUT2D eigenvalue weighted by Gasteiger charge is -2.17. The molecular weight excluding hydrogens is 214 g/mol. The van der Waals surface area contributed by atoms with E-state index in [4.69, 9.17) is 15.2 Å². The number of hydrogen-bond donors (Lipinski definition) is 1. The highest BCUT2D eigenvalue weighted by atomic mass is 16.5.